The van der Waals surface area contributed by atoms with Crippen LogP contribution in [0.2, 0.25) is 0 Å². The molecule has 128 valence electrons. The number of benzene rings is 3. The van der Waals surface area contributed by atoms with E-state index in [-0.39, 0.29) is 0 Å². The first-order valence-electron chi connectivity index (χ1n) is 9.01. The lowest BCUT2D eigenvalue weighted by atomic mass is 9.96. The van der Waals surface area contributed by atoms with E-state index in [1.807, 2.05) is 28.8 Å². The highest BCUT2D eigenvalue weighted by Crippen LogP contribution is 2.33. The van der Waals surface area contributed by atoms with Crippen LogP contribution < -0.4 is 9.46 Å². The van der Waals surface area contributed by atoms with Crippen LogP contribution in [0.15, 0.2) is 97.3 Å². The Hall–Kier alpha value is -3.65. The zero-order chi connectivity index (χ0) is 18.2. The highest BCUT2D eigenvalue weighted by molar-refractivity contribution is 6.01. The molecule has 0 saturated carbocycles. The third-order valence-electron chi connectivity index (χ3n) is 5.05. The molecule has 1 aliphatic rings. The molecule has 0 saturated heterocycles. The van der Waals surface area contributed by atoms with Gasteiger partial charge in [0.25, 0.3) is 0 Å². The molecular weight excluding hydrogens is 328 g/mol. The van der Waals surface area contributed by atoms with E-state index in [4.69, 9.17) is 5.32 Å². The molecule has 1 aliphatic heterocycles. The third-order valence-corrected chi connectivity index (χ3v) is 5.05. The molecule has 0 atom stereocenters. The van der Waals surface area contributed by atoms with Gasteiger partial charge in [-0.2, -0.15) is 10.4 Å². The minimum Gasteiger partial charge on any atom is -0.658 e. The number of aromatic nitrogens is 1. The van der Waals surface area contributed by atoms with Gasteiger partial charge in [-0.1, -0.05) is 78.5 Å². The minimum atomic E-state index is 0.974. The summed E-state index contributed by atoms with van der Waals surface area (Å²) in [6, 6.07) is 27.4. The Kier molecular flexibility index (Phi) is 3.61. The Balaban J connectivity index is 1.88. The number of pyridine rings is 1. The Morgan fingerprint density at radius 2 is 1.44 bits per heavy atom. The number of allylic oxidation sites excluding steroid dienone is 1. The average molecular weight is 346 g/mol. The maximum absolute atomic E-state index is 4.73. The molecule has 0 spiro atoms. The van der Waals surface area contributed by atoms with Crippen LogP contribution in [0.25, 0.3) is 32.9 Å². The maximum Gasteiger partial charge on any atom is 0.203 e. The van der Waals surface area contributed by atoms with Gasteiger partial charge in [0.2, 0.25) is 5.52 Å². The number of nitrogens with zero attached hydrogens (tertiary/aromatic N) is 2. The third kappa shape index (κ3) is 2.54. The van der Waals surface area contributed by atoms with E-state index in [2.05, 4.69) is 79.5 Å². The van der Waals surface area contributed by atoms with E-state index in [1.54, 1.807) is 0 Å². The van der Waals surface area contributed by atoms with Crippen LogP contribution in [0.1, 0.15) is 5.56 Å². The molecule has 0 amide bonds. The smallest absolute Gasteiger partial charge is 0.203 e. The molecule has 0 unspecified atom stereocenters. The molecule has 3 aromatic carbocycles. The average Bonchev–Trinajstić information content (AvgIpc) is 2.74. The van der Waals surface area contributed by atoms with E-state index >= 15 is 0 Å². The maximum atomic E-state index is 4.73. The molecule has 0 bridgehead atoms. The van der Waals surface area contributed by atoms with Crippen LogP contribution >= 0.6 is 0 Å². The summed E-state index contributed by atoms with van der Waals surface area (Å²) in [5.41, 5.74) is 6.79. The molecular formula is C25H18N2. The van der Waals surface area contributed by atoms with Gasteiger partial charge in [0.1, 0.15) is 6.72 Å². The summed E-state index contributed by atoms with van der Waals surface area (Å²) < 4.78 is 1.92. The molecule has 0 fully saturated rings. The van der Waals surface area contributed by atoms with Crippen LogP contribution in [0.4, 0.5) is 5.69 Å². The van der Waals surface area contributed by atoms with Gasteiger partial charge in [-0.15, -0.1) is 0 Å². The van der Waals surface area contributed by atoms with Crippen molar-refractivity contribution < 1.29 is 4.24 Å². The summed E-state index contributed by atoms with van der Waals surface area (Å²) >= 11 is 0. The van der Waals surface area contributed by atoms with Gasteiger partial charge < -0.3 is 5.32 Å². The van der Waals surface area contributed by atoms with Crippen molar-refractivity contribution in [1.29, 1.82) is 0 Å². The largest absolute Gasteiger partial charge is 0.658 e. The van der Waals surface area contributed by atoms with E-state index in [0.717, 1.165) is 21.8 Å². The highest BCUT2D eigenvalue weighted by atomic mass is 14.9. The van der Waals surface area contributed by atoms with Gasteiger partial charge in [0.05, 0.1) is 5.39 Å². The standard InChI is InChI=1S/C25H18N2/c1-27-17-15-21(19-10-6-3-7-11-19)23-13-12-22-20(18-8-4-2-5-9-18)14-16-26-24(22)25(23)27/h2-17H,1H2. The Bertz CT molecular complexity index is 1290. The molecule has 4 aromatic rings. The first-order chi connectivity index (χ1) is 13.3. The molecule has 0 radical (unpaired) electrons. The summed E-state index contributed by atoms with van der Waals surface area (Å²) in [4.78, 5) is 0. The summed E-state index contributed by atoms with van der Waals surface area (Å²) in [7, 11) is 0. The quantitative estimate of drug-likeness (QED) is 0.447. The van der Waals surface area contributed by atoms with E-state index in [1.165, 1.54) is 22.3 Å². The van der Waals surface area contributed by atoms with Gasteiger partial charge in [-0.05, 0) is 28.0 Å². The van der Waals surface area contributed by atoms with Crippen LogP contribution in [-0.2, 0) is 0 Å². The van der Waals surface area contributed by atoms with Crippen molar-refractivity contribution in [1.82, 2.24) is 0 Å². The van der Waals surface area contributed by atoms with Crippen molar-refractivity contribution >= 4 is 22.2 Å². The van der Waals surface area contributed by atoms with E-state index in [0.29, 0.717) is 0 Å². The molecule has 2 nitrogen and oxygen atoms in total. The second-order valence-corrected chi connectivity index (χ2v) is 6.65. The minimum absolute atomic E-state index is 0.974. The molecule has 2 heteroatoms. The molecule has 0 aliphatic carbocycles. The number of hydrogen-bond acceptors (Lipinski definition) is 0. The molecule has 27 heavy (non-hydrogen) atoms. The van der Waals surface area contributed by atoms with E-state index in [9.17, 15) is 0 Å². The first-order valence-corrected chi connectivity index (χ1v) is 9.01. The predicted octanol–water partition coefficient (Wildman–Crippen LogP) is 5.17. The van der Waals surface area contributed by atoms with Gasteiger partial charge in [0, 0.05) is 11.6 Å². The summed E-state index contributed by atoms with van der Waals surface area (Å²) in [5.74, 6) is 0. The van der Waals surface area contributed by atoms with E-state index < -0.39 is 0 Å². The van der Waals surface area contributed by atoms with Gasteiger partial charge in [0.15, 0.2) is 6.20 Å². The lowest BCUT2D eigenvalue weighted by Crippen LogP contribution is -2.19. The number of fused-ring (bicyclic) bond motifs is 3. The predicted molar refractivity (Wildman–Crippen MR) is 111 cm³/mol. The van der Waals surface area contributed by atoms with Crippen molar-refractivity contribution in [3.63, 3.8) is 0 Å². The van der Waals surface area contributed by atoms with Crippen molar-refractivity contribution in [3.05, 3.63) is 120 Å². The highest BCUT2D eigenvalue weighted by Gasteiger charge is 2.13. The molecule has 0 N–H and O–H groups in total. The fourth-order valence-corrected chi connectivity index (χ4v) is 3.78. The van der Waals surface area contributed by atoms with Gasteiger partial charge in [-0.25, -0.2) is 0 Å². The normalized spacial score (nSPS) is 12.7. The second kappa shape index (κ2) is 6.26. The monoisotopic (exact) mass is 346 g/mol. The fraction of sp³-hybridized carbons (Fsp3) is 0. The Labute approximate surface area is 158 Å². The van der Waals surface area contributed by atoms with Crippen LogP contribution in [0, 0.1) is 6.72 Å². The van der Waals surface area contributed by atoms with Gasteiger partial charge in [-0.3, -0.25) is 0 Å². The Morgan fingerprint density at radius 1 is 0.741 bits per heavy atom. The second-order valence-electron chi connectivity index (χ2n) is 6.65. The summed E-state index contributed by atoms with van der Waals surface area (Å²) in [5, 5.41) is 7.02. The fourth-order valence-electron chi connectivity index (χ4n) is 3.78. The van der Waals surface area contributed by atoms with Gasteiger partial charge >= 0.3 is 0 Å². The van der Waals surface area contributed by atoms with Crippen LogP contribution in [0.3, 0.4) is 0 Å². The van der Waals surface area contributed by atoms with Crippen molar-refractivity contribution in [2.24, 2.45) is 0 Å². The zero-order valence-electron chi connectivity index (χ0n) is 14.8. The van der Waals surface area contributed by atoms with Crippen LogP contribution in [0.5, 0.6) is 0 Å². The van der Waals surface area contributed by atoms with Crippen LogP contribution in [-0.4, -0.2) is 0 Å². The first kappa shape index (κ1) is 15.6. The van der Waals surface area contributed by atoms with Crippen molar-refractivity contribution in [2.45, 2.75) is 0 Å². The summed E-state index contributed by atoms with van der Waals surface area (Å²) in [6.45, 7) is 4.21. The lowest BCUT2D eigenvalue weighted by Gasteiger charge is -2.24. The summed E-state index contributed by atoms with van der Waals surface area (Å²) in [6.07, 6.45) is 5.98. The molecule has 5 rings (SSSR count). The SMILES string of the molecule is C=[n+]1ccc(-c2ccccc2)c2ccc3c(c21)[N-]C=CC=3c1ccccc1. The number of rotatable bonds is 2. The van der Waals surface area contributed by atoms with Crippen molar-refractivity contribution in [3.8, 4) is 11.1 Å². The van der Waals surface area contributed by atoms with Crippen molar-refractivity contribution in [2.75, 3.05) is 0 Å². The lowest BCUT2D eigenvalue weighted by molar-refractivity contribution is -0.467. The molecule has 2 heterocycles. The Morgan fingerprint density at radius 3 is 2.19 bits per heavy atom. The zero-order valence-corrected chi connectivity index (χ0v) is 14.8. The number of hydrogen-bond donors (Lipinski definition) is 0. The topological polar surface area (TPSA) is 20.0 Å². The molecule has 1 aromatic heterocycles.